The number of likely N-dealkylation sites (tertiary alicyclic amines) is 2. The van der Waals surface area contributed by atoms with Gasteiger partial charge in [0.2, 0.25) is 5.91 Å². The maximum Gasteiger partial charge on any atom is 0.410 e. The Morgan fingerprint density at radius 2 is 1.71 bits per heavy atom. The summed E-state index contributed by atoms with van der Waals surface area (Å²) in [7, 11) is 0. The summed E-state index contributed by atoms with van der Waals surface area (Å²) >= 11 is 0. The standard InChI is InChI=1S/C32H41FN4O5/c1-21(38)24-8-5-9-26(18-24)34-30(40)35-28-14-16-37(31(41)42-32(2,3)4)20-27(28)29(39)36-15-6-7-23(19-36)17-22-10-12-25(33)13-11-22/h5,8-13,18,23,27-28H,6-7,14-17,19-20H2,1-4H3,(H2,34,35,40)/t23?,27-,28+/m0/s1. The van der Waals surface area contributed by atoms with Crippen LogP contribution in [-0.4, -0.2) is 71.4 Å². The molecule has 0 saturated carbocycles. The molecular weight excluding hydrogens is 539 g/mol. The largest absolute Gasteiger partial charge is 0.444 e. The minimum atomic E-state index is -0.680. The average molecular weight is 581 g/mol. The van der Waals surface area contributed by atoms with Gasteiger partial charge in [-0.2, -0.15) is 0 Å². The van der Waals surface area contributed by atoms with Crippen molar-refractivity contribution in [3.8, 4) is 0 Å². The van der Waals surface area contributed by atoms with E-state index in [0.29, 0.717) is 37.3 Å². The molecule has 2 heterocycles. The summed E-state index contributed by atoms with van der Waals surface area (Å²) in [4.78, 5) is 55.1. The fraction of sp³-hybridized carbons (Fsp3) is 0.500. The van der Waals surface area contributed by atoms with Crippen molar-refractivity contribution in [3.05, 3.63) is 65.5 Å². The van der Waals surface area contributed by atoms with Crippen LogP contribution in [0.3, 0.4) is 0 Å². The average Bonchev–Trinajstić information content (AvgIpc) is 2.93. The first-order valence-corrected chi connectivity index (χ1v) is 14.6. The number of amides is 4. The van der Waals surface area contributed by atoms with E-state index in [1.165, 1.54) is 19.1 Å². The van der Waals surface area contributed by atoms with Gasteiger partial charge in [0.05, 0.1) is 5.92 Å². The van der Waals surface area contributed by atoms with Gasteiger partial charge in [0.25, 0.3) is 0 Å². The zero-order chi connectivity index (χ0) is 30.4. The van der Waals surface area contributed by atoms with Gasteiger partial charge in [0, 0.05) is 43.5 Å². The lowest BCUT2D eigenvalue weighted by molar-refractivity contribution is -0.140. The molecule has 1 unspecified atom stereocenters. The third-order valence-electron chi connectivity index (χ3n) is 7.69. The fourth-order valence-electron chi connectivity index (χ4n) is 5.64. The number of Topliss-reactive ketones (excluding diaryl/α,β-unsaturated/α-hetero) is 1. The molecular formula is C32H41FN4O5. The van der Waals surface area contributed by atoms with Gasteiger partial charge in [0.15, 0.2) is 5.78 Å². The van der Waals surface area contributed by atoms with Gasteiger partial charge in [-0.15, -0.1) is 0 Å². The Morgan fingerprint density at radius 3 is 2.40 bits per heavy atom. The number of carbonyl (C=O) groups is 4. The molecule has 2 saturated heterocycles. The highest BCUT2D eigenvalue weighted by atomic mass is 19.1. The Bertz CT molecular complexity index is 1290. The molecule has 0 aliphatic carbocycles. The number of hydrogen-bond donors (Lipinski definition) is 2. The molecule has 0 spiro atoms. The summed E-state index contributed by atoms with van der Waals surface area (Å²) in [6, 6.07) is 12.1. The van der Waals surface area contributed by atoms with E-state index in [-0.39, 0.29) is 30.0 Å². The molecule has 2 aromatic rings. The maximum absolute atomic E-state index is 14.0. The van der Waals surface area contributed by atoms with E-state index in [4.69, 9.17) is 4.74 Å². The van der Waals surface area contributed by atoms with Gasteiger partial charge in [-0.05, 0) is 89.1 Å². The van der Waals surface area contributed by atoms with Crippen LogP contribution in [0.1, 0.15) is 62.9 Å². The summed E-state index contributed by atoms with van der Waals surface area (Å²) in [6.45, 7) is 8.44. The molecule has 2 fully saturated rings. The van der Waals surface area contributed by atoms with Gasteiger partial charge < -0.3 is 25.2 Å². The van der Waals surface area contributed by atoms with Crippen LogP contribution >= 0.6 is 0 Å². The molecule has 0 radical (unpaired) electrons. The zero-order valence-electron chi connectivity index (χ0n) is 24.8. The molecule has 4 rings (SSSR count). The molecule has 226 valence electrons. The highest BCUT2D eigenvalue weighted by Gasteiger charge is 2.41. The minimum absolute atomic E-state index is 0.113. The smallest absolute Gasteiger partial charge is 0.410 e. The minimum Gasteiger partial charge on any atom is -0.444 e. The number of benzene rings is 2. The second-order valence-corrected chi connectivity index (χ2v) is 12.3. The first-order valence-electron chi connectivity index (χ1n) is 14.6. The number of ether oxygens (including phenoxy) is 1. The number of anilines is 1. The van der Waals surface area contributed by atoms with Crippen molar-refractivity contribution in [2.45, 2.75) is 65.0 Å². The number of carbonyl (C=O) groups excluding carboxylic acids is 4. The lowest BCUT2D eigenvalue weighted by Gasteiger charge is -2.42. The number of urea groups is 1. The van der Waals surface area contributed by atoms with E-state index >= 15 is 0 Å². The fourth-order valence-corrected chi connectivity index (χ4v) is 5.64. The Morgan fingerprint density at radius 1 is 0.976 bits per heavy atom. The Balaban J connectivity index is 1.47. The second kappa shape index (κ2) is 13.4. The van der Waals surface area contributed by atoms with Gasteiger partial charge in [-0.25, -0.2) is 14.0 Å². The lowest BCUT2D eigenvalue weighted by Crippen LogP contribution is -2.59. The summed E-state index contributed by atoms with van der Waals surface area (Å²) in [5, 5.41) is 5.72. The van der Waals surface area contributed by atoms with E-state index in [1.54, 1.807) is 62.1 Å². The molecule has 2 aromatic carbocycles. The van der Waals surface area contributed by atoms with E-state index in [1.807, 2.05) is 4.90 Å². The number of halogens is 1. The first kappa shape index (κ1) is 31.0. The molecule has 42 heavy (non-hydrogen) atoms. The van der Waals surface area contributed by atoms with Gasteiger partial charge in [-0.1, -0.05) is 24.3 Å². The van der Waals surface area contributed by atoms with Gasteiger partial charge in [0.1, 0.15) is 11.4 Å². The monoisotopic (exact) mass is 580 g/mol. The predicted octanol–water partition coefficient (Wildman–Crippen LogP) is 5.26. The summed E-state index contributed by atoms with van der Waals surface area (Å²) < 4.78 is 19.0. The summed E-state index contributed by atoms with van der Waals surface area (Å²) in [5.41, 5.74) is 1.29. The predicted molar refractivity (Wildman–Crippen MR) is 158 cm³/mol. The highest BCUT2D eigenvalue weighted by Crippen LogP contribution is 2.27. The van der Waals surface area contributed by atoms with Crippen molar-refractivity contribution in [2.24, 2.45) is 11.8 Å². The van der Waals surface area contributed by atoms with Crippen molar-refractivity contribution in [3.63, 3.8) is 0 Å². The van der Waals surface area contributed by atoms with Crippen molar-refractivity contribution in [2.75, 3.05) is 31.5 Å². The van der Waals surface area contributed by atoms with E-state index < -0.39 is 29.7 Å². The van der Waals surface area contributed by atoms with Crippen LogP contribution < -0.4 is 10.6 Å². The third-order valence-corrected chi connectivity index (χ3v) is 7.69. The van der Waals surface area contributed by atoms with Crippen LogP contribution in [0.2, 0.25) is 0 Å². The van der Waals surface area contributed by atoms with Crippen LogP contribution in [0.15, 0.2) is 48.5 Å². The van der Waals surface area contributed by atoms with Crippen LogP contribution in [0, 0.1) is 17.7 Å². The van der Waals surface area contributed by atoms with Crippen LogP contribution in [0.25, 0.3) is 0 Å². The van der Waals surface area contributed by atoms with Crippen molar-refractivity contribution in [1.82, 2.24) is 15.1 Å². The van der Waals surface area contributed by atoms with Crippen molar-refractivity contribution >= 4 is 29.5 Å². The lowest BCUT2D eigenvalue weighted by atomic mass is 9.87. The Labute approximate surface area is 246 Å². The molecule has 3 atom stereocenters. The van der Waals surface area contributed by atoms with Gasteiger partial charge in [-0.3, -0.25) is 9.59 Å². The molecule has 2 aliphatic rings. The number of rotatable bonds is 6. The topological polar surface area (TPSA) is 108 Å². The number of hydrogen-bond acceptors (Lipinski definition) is 5. The molecule has 0 aromatic heterocycles. The summed E-state index contributed by atoms with van der Waals surface area (Å²) in [5.74, 6) is -0.943. The third kappa shape index (κ3) is 8.53. The number of piperidine rings is 2. The van der Waals surface area contributed by atoms with E-state index in [2.05, 4.69) is 10.6 Å². The molecule has 2 aliphatic heterocycles. The van der Waals surface area contributed by atoms with Gasteiger partial charge >= 0.3 is 12.1 Å². The molecule has 9 nitrogen and oxygen atoms in total. The number of nitrogens with zero attached hydrogens (tertiary/aromatic N) is 2. The Kier molecular flexibility index (Phi) is 9.85. The van der Waals surface area contributed by atoms with E-state index in [9.17, 15) is 23.6 Å². The quantitative estimate of drug-likeness (QED) is 0.454. The first-order chi connectivity index (χ1) is 19.9. The normalized spacial score (nSPS) is 20.9. The number of ketones is 1. The van der Waals surface area contributed by atoms with Crippen LogP contribution in [-0.2, 0) is 16.0 Å². The number of nitrogens with one attached hydrogen (secondary N) is 2. The molecule has 10 heteroatoms. The summed E-state index contributed by atoms with van der Waals surface area (Å²) in [6.07, 6.45) is 2.42. The SMILES string of the molecule is CC(=O)c1cccc(NC(=O)N[C@@H]2CCN(C(=O)OC(C)(C)C)C[C@@H]2C(=O)N2CCCC(Cc3ccc(F)cc3)C2)c1. The highest BCUT2D eigenvalue weighted by molar-refractivity contribution is 5.97. The Hall–Kier alpha value is -3.95. The maximum atomic E-state index is 14.0. The van der Waals surface area contributed by atoms with E-state index in [0.717, 1.165) is 24.8 Å². The van der Waals surface area contributed by atoms with Crippen molar-refractivity contribution in [1.29, 1.82) is 0 Å². The van der Waals surface area contributed by atoms with Crippen LogP contribution in [0.5, 0.6) is 0 Å². The van der Waals surface area contributed by atoms with Crippen LogP contribution in [0.4, 0.5) is 19.7 Å². The molecule has 4 amide bonds. The molecule has 2 N–H and O–H groups in total. The van der Waals surface area contributed by atoms with Crippen molar-refractivity contribution < 1.29 is 28.3 Å². The second-order valence-electron chi connectivity index (χ2n) is 12.3. The molecule has 0 bridgehead atoms. The zero-order valence-corrected chi connectivity index (χ0v) is 24.8.